The Hall–Kier alpha value is -4.79. The van der Waals surface area contributed by atoms with E-state index in [-0.39, 0.29) is 0 Å². The van der Waals surface area contributed by atoms with Gasteiger partial charge in [-0.2, -0.15) is 0 Å². The summed E-state index contributed by atoms with van der Waals surface area (Å²) in [5.41, 5.74) is 12.4. The minimum Gasteiger partial charge on any atom is -0.340 e. The molecule has 0 saturated carbocycles. The Morgan fingerprint density at radius 2 is 0.930 bits per heavy atom. The molecule has 0 atom stereocenters. The van der Waals surface area contributed by atoms with Gasteiger partial charge in [0.15, 0.2) is 0 Å². The van der Waals surface area contributed by atoms with Gasteiger partial charge in [0.1, 0.15) is 0 Å². The van der Waals surface area contributed by atoms with E-state index in [1.807, 2.05) is 11.8 Å². The van der Waals surface area contributed by atoms with E-state index in [1.165, 1.54) is 65.7 Å². The van der Waals surface area contributed by atoms with E-state index in [0.717, 1.165) is 13.0 Å². The number of nitrogens with zero attached hydrogens (tertiary/aromatic N) is 1. The third-order valence-electron chi connectivity index (χ3n) is 8.02. The molecule has 6 aromatic carbocycles. The predicted octanol–water partition coefficient (Wildman–Crippen LogP) is 11.4. The summed E-state index contributed by atoms with van der Waals surface area (Å²) >= 11 is 1.88. The minimum atomic E-state index is 1.01. The molecule has 1 nitrogen and oxygen atoms in total. The number of hydrogen-bond donors (Lipinski definition) is 0. The normalized spacial score (nSPS) is 11.9. The van der Waals surface area contributed by atoms with Crippen molar-refractivity contribution in [2.24, 2.45) is 0 Å². The van der Waals surface area contributed by atoms with Crippen LogP contribution in [0.5, 0.6) is 0 Å². The maximum atomic E-state index is 2.47. The van der Waals surface area contributed by atoms with Crippen LogP contribution in [0.1, 0.15) is 35.6 Å². The Bertz CT molecular complexity index is 1830. The van der Waals surface area contributed by atoms with Crippen molar-refractivity contribution in [1.82, 2.24) is 0 Å². The first-order valence-corrected chi connectivity index (χ1v) is 15.8. The largest absolute Gasteiger partial charge is 0.340 e. The number of hydrogen-bond acceptors (Lipinski definition) is 2. The molecule has 0 amide bonds. The highest BCUT2D eigenvalue weighted by Crippen LogP contribution is 2.49. The highest BCUT2D eigenvalue weighted by Gasteiger charge is 2.23. The fourth-order valence-electron chi connectivity index (χ4n) is 6.03. The van der Waals surface area contributed by atoms with Crippen molar-refractivity contribution in [1.29, 1.82) is 0 Å². The van der Waals surface area contributed by atoms with E-state index in [2.05, 4.69) is 170 Å². The van der Waals surface area contributed by atoms with Crippen LogP contribution in [0.25, 0.3) is 22.3 Å². The van der Waals surface area contributed by atoms with Crippen molar-refractivity contribution in [2.75, 3.05) is 11.4 Å². The van der Waals surface area contributed by atoms with Crippen LogP contribution in [0, 0.1) is 0 Å². The first kappa shape index (κ1) is 27.1. The lowest BCUT2D eigenvalue weighted by Gasteiger charge is -2.32. The summed E-state index contributed by atoms with van der Waals surface area (Å²) in [6.45, 7) is 3.26. The van der Waals surface area contributed by atoms with E-state index >= 15 is 0 Å². The van der Waals surface area contributed by atoms with Crippen molar-refractivity contribution < 1.29 is 0 Å². The van der Waals surface area contributed by atoms with Crippen LogP contribution in [0.2, 0.25) is 0 Å². The molecule has 7 rings (SSSR count). The van der Waals surface area contributed by atoms with Crippen molar-refractivity contribution in [3.63, 3.8) is 0 Å². The highest BCUT2D eigenvalue weighted by atomic mass is 32.2. The van der Waals surface area contributed by atoms with E-state index in [0.29, 0.717) is 0 Å². The number of anilines is 2. The average molecular weight is 572 g/mol. The molecule has 0 radical (unpaired) electrons. The Balaban J connectivity index is 1.33. The molecule has 208 valence electrons. The quantitative estimate of drug-likeness (QED) is 0.175. The lowest BCUT2D eigenvalue weighted by molar-refractivity contribution is 0.866. The second-order valence-corrected chi connectivity index (χ2v) is 11.9. The third-order valence-corrected chi connectivity index (χ3v) is 9.13. The molecule has 0 saturated heterocycles. The smallest absolute Gasteiger partial charge is 0.0553 e. The van der Waals surface area contributed by atoms with Gasteiger partial charge in [-0.15, -0.1) is 0 Å². The summed E-state index contributed by atoms with van der Waals surface area (Å²) in [4.78, 5) is 5.11. The van der Waals surface area contributed by atoms with Gasteiger partial charge < -0.3 is 4.90 Å². The van der Waals surface area contributed by atoms with Crippen LogP contribution in [0.3, 0.4) is 0 Å². The molecule has 0 spiro atoms. The Labute approximate surface area is 259 Å². The van der Waals surface area contributed by atoms with Crippen LogP contribution >= 0.6 is 11.8 Å². The topological polar surface area (TPSA) is 3.24 Å². The number of para-hydroxylation sites is 1. The van der Waals surface area contributed by atoms with Crippen molar-refractivity contribution in [2.45, 2.75) is 23.1 Å². The zero-order chi connectivity index (χ0) is 29.0. The summed E-state index contributed by atoms with van der Waals surface area (Å²) < 4.78 is 0. The SMILES string of the molecule is CCCN1c2ccccc2Sc2cc(-c3ccc(C(=C(c4ccccc4)c4ccccc4)c4ccccc4)cc3)ccc21. The summed E-state index contributed by atoms with van der Waals surface area (Å²) in [6, 6.07) is 57.1. The van der Waals surface area contributed by atoms with Gasteiger partial charge in [-0.05, 0) is 75.2 Å². The van der Waals surface area contributed by atoms with Gasteiger partial charge in [0.05, 0.1) is 11.4 Å². The molecule has 0 aromatic heterocycles. The highest BCUT2D eigenvalue weighted by molar-refractivity contribution is 7.99. The third kappa shape index (κ3) is 5.43. The first-order valence-electron chi connectivity index (χ1n) is 15.0. The molecule has 1 aliphatic heterocycles. The molecule has 0 bridgehead atoms. The van der Waals surface area contributed by atoms with Gasteiger partial charge in [0.25, 0.3) is 0 Å². The Kier molecular flexibility index (Phi) is 7.69. The second-order valence-electron chi connectivity index (χ2n) is 10.8. The monoisotopic (exact) mass is 571 g/mol. The van der Waals surface area contributed by atoms with Gasteiger partial charge in [0.2, 0.25) is 0 Å². The van der Waals surface area contributed by atoms with Crippen molar-refractivity contribution >= 4 is 34.3 Å². The standard InChI is InChI=1S/C41H33NS/c1-2-28-42-36-20-12-13-21-38(36)43-39-29-35(26-27-37(39)42)30-22-24-34(25-23-30)41(33-18-10-5-11-19-33)40(31-14-6-3-7-15-31)32-16-8-4-9-17-32/h3-27,29H,2,28H2,1H3. The van der Waals surface area contributed by atoms with Crippen LogP contribution in [-0.2, 0) is 0 Å². The zero-order valence-electron chi connectivity index (χ0n) is 24.3. The van der Waals surface area contributed by atoms with Gasteiger partial charge in [-0.25, -0.2) is 0 Å². The zero-order valence-corrected chi connectivity index (χ0v) is 25.1. The molecule has 1 heterocycles. The summed E-state index contributed by atoms with van der Waals surface area (Å²) in [7, 11) is 0. The summed E-state index contributed by atoms with van der Waals surface area (Å²) in [5, 5.41) is 0. The first-order chi connectivity index (χ1) is 21.3. The molecule has 0 N–H and O–H groups in total. The summed E-state index contributed by atoms with van der Waals surface area (Å²) in [5.74, 6) is 0. The Morgan fingerprint density at radius 3 is 1.49 bits per heavy atom. The fraction of sp³-hybridized carbons (Fsp3) is 0.0732. The molecular formula is C41H33NS. The minimum absolute atomic E-state index is 1.01. The lowest BCUT2D eigenvalue weighted by atomic mass is 9.85. The number of fused-ring (bicyclic) bond motifs is 2. The lowest BCUT2D eigenvalue weighted by Crippen LogP contribution is -2.21. The summed E-state index contributed by atoms with van der Waals surface area (Å²) in [6.07, 6.45) is 1.10. The molecule has 1 aliphatic rings. The molecule has 0 aliphatic carbocycles. The van der Waals surface area contributed by atoms with E-state index in [4.69, 9.17) is 0 Å². The van der Waals surface area contributed by atoms with Gasteiger partial charge in [-0.3, -0.25) is 0 Å². The number of benzene rings is 6. The Morgan fingerprint density at radius 1 is 0.465 bits per heavy atom. The van der Waals surface area contributed by atoms with Gasteiger partial charge >= 0.3 is 0 Å². The van der Waals surface area contributed by atoms with E-state index in [1.54, 1.807) is 0 Å². The van der Waals surface area contributed by atoms with Crippen LogP contribution in [0.4, 0.5) is 11.4 Å². The molecule has 0 unspecified atom stereocenters. The van der Waals surface area contributed by atoms with Crippen LogP contribution < -0.4 is 4.90 Å². The van der Waals surface area contributed by atoms with Crippen LogP contribution in [0.15, 0.2) is 168 Å². The maximum absolute atomic E-state index is 2.47. The fourth-order valence-corrected chi connectivity index (χ4v) is 7.17. The molecule has 6 aromatic rings. The molecule has 0 fully saturated rings. The van der Waals surface area contributed by atoms with Crippen molar-refractivity contribution in [3.8, 4) is 11.1 Å². The van der Waals surface area contributed by atoms with Crippen LogP contribution in [-0.4, -0.2) is 6.54 Å². The van der Waals surface area contributed by atoms with Gasteiger partial charge in [-0.1, -0.05) is 152 Å². The second kappa shape index (κ2) is 12.2. The molecular weight excluding hydrogens is 539 g/mol. The number of rotatable bonds is 7. The average Bonchev–Trinajstić information content (AvgIpc) is 3.08. The van der Waals surface area contributed by atoms with E-state index < -0.39 is 0 Å². The predicted molar refractivity (Wildman–Crippen MR) is 184 cm³/mol. The van der Waals surface area contributed by atoms with Gasteiger partial charge in [0, 0.05) is 16.3 Å². The van der Waals surface area contributed by atoms with Crippen molar-refractivity contribution in [3.05, 3.63) is 180 Å². The van der Waals surface area contributed by atoms with E-state index in [9.17, 15) is 0 Å². The molecule has 2 heteroatoms. The maximum Gasteiger partial charge on any atom is 0.0553 e. The molecule has 43 heavy (non-hydrogen) atoms.